The number of rotatable bonds is 6. The highest BCUT2D eigenvalue weighted by atomic mass is 79.9. The molecule has 25 heavy (non-hydrogen) atoms. The van der Waals surface area contributed by atoms with E-state index in [2.05, 4.69) is 15.9 Å². The summed E-state index contributed by atoms with van der Waals surface area (Å²) in [4.78, 5) is 25.4. The van der Waals surface area contributed by atoms with Crippen LogP contribution in [-0.4, -0.2) is 11.8 Å². The van der Waals surface area contributed by atoms with Crippen LogP contribution in [0.5, 0.6) is 0 Å². The van der Waals surface area contributed by atoms with E-state index in [1.807, 2.05) is 54.6 Å². The van der Waals surface area contributed by atoms with Gasteiger partial charge in [-0.25, -0.2) is 0 Å². The molecule has 0 bridgehead atoms. The van der Waals surface area contributed by atoms with Crippen molar-refractivity contribution in [1.82, 2.24) is 0 Å². The Morgan fingerprint density at radius 3 is 2.28 bits per heavy atom. The maximum Gasteiger partial charge on any atom is 0.320 e. The number of halogens is 1. The highest BCUT2D eigenvalue weighted by Gasteiger charge is 2.49. The zero-order valence-electron chi connectivity index (χ0n) is 14.0. The number of carbonyl (C=O) groups excluding carboxylic acids is 2. The van der Waals surface area contributed by atoms with Crippen molar-refractivity contribution in [3.05, 3.63) is 71.3 Å². The lowest BCUT2D eigenvalue weighted by Crippen LogP contribution is -2.39. The fourth-order valence-corrected chi connectivity index (χ4v) is 3.73. The first kappa shape index (κ1) is 17.9. The molecule has 1 atom stereocenters. The van der Waals surface area contributed by atoms with E-state index in [-0.39, 0.29) is 18.4 Å². The van der Waals surface area contributed by atoms with E-state index in [0.717, 1.165) is 22.9 Å². The molecule has 1 aliphatic rings. The minimum absolute atomic E-state index is 0.00938. The van der Waals surface area contributed by atoms with Crippen LogP contribution in [0.2, 0.25) is 0 Å². The van der Waals surface area contributed by atoms with Crippen molar-refractivity contribution in [3.8, 4) is 0 Å². The summed E-state index contributed by atoms with van der Waals surface area (Å²) in [5, 5.41) is 0.788. The molecular weight excluding hydrogens is 380 g/mol. The third kappa shape index (κ3) is 4.01. The molecule has 2 aromatic carbocycles. The Bertz CT molecular complexity index is 739. The average molecular weight is 401 g/mol. The molecule has 0 radical (unpaired) electrons. The molecule has 0 heterocycles. The molecule has 2 aromatic rings. The monoisotopic (exact) mass is 400 g/mol. The molecule has 0 spiro atoms. The van der Waals surface area contributed by atoms with Gasteiger partial charge in [0.05, 0.1) is 0 Å². The number of ketones is 1. The van der Waals surface area contributed by atoms with E-state index < -0.39 is 5.41 Å². The number of esters is 1. The van der Waals surface area contributed by atoms with E-state index in [1.165, 1.54) is 5.56 Å². The number of carbonyl (C=O) groups is 2. The van der Waals surface area contributed by atoms with Gasteiger partial charge in [0.2, 0.25) is 0 Å². The maximum atomic E-state index is 12.8. The van der Waals surface area contributed by atoms with Gasteiger partial charge in [-0.1, -0.05) is 70.5 Å². The topological polar surface area (TPSA) is 43.4 Å². The van der Waals surface area contributed by atoms with Crippen LogP contribution in [0, 0.1) is 5.41 Å². The predicted octanol–water partition coefficient (Wildman–Crippen LogP) is 4.61. The Morgan fingerprint density at radius 1 is 1.00 bits per heavy atom. The number of alkyl halides is 1. The molecule has 130 valence electrons. The van der Waals surface area contributed by atoms with E-state index in [4.69, 9.17) is 4.74 Å². The van der Waals surface area contributed by atoms with Crippen molar-refractivity contribution < 1.29 is 14.3 Å². The fourth-order valence-electron chi connectivity index (χ4n) is 3.36. The summed E-state index contributed by atoms with van der Waals surface area (Å²) in [5.41, 5.74) is 2.07. The lowest BCUT2D eigenvalue weighted by atomic mass is 9.79. The van der Waals surface area contributed by atoms with Gasteiger partial charge in [0, 0.05) is 11.8 Å². The first-order chi connectivity index (χ1) is 12.1. The molecule has 1 aliphatic carbocycles. The Morgan fingerprint density at radius 2 is 1.68 bits per heavy atom. The minimum Gasteiger partial charge on any atom is -0.460 e. The molecular formula is C21H21BrO3. The summed E-state index contributed by atoms with van der Waals surface area (Å²) in [6.45, 7) is 0.206. The highest BCUT2D eigenvalue weighted by molar-refractivity contribution is 9.08. The Hall–Kier alpha value is -1.94. The number of hydrogen-bond donors (Lipinski definition) is 0. The molecule has 0 aromatic heterocycles. The van der Waals surface area contributed by atoms with Gasteiger partial charge >= 0.3 is 5.97 Å². The zero-order valence-corrected chi connectivity index (χ0v) is 15.6. The average Bonchev–Trinajstić information content (AvgIpc) is 3.02. The van der Waals surface area contributed by atoms with Crippen LogP contribution in [0.4, 0.5) is 0 Å². The second-order valence-corrected chi connectivity index (χ2v) is 7.11. The molecule has 0 N–H and O–H groups in total. The summed E-state index contributed by atoms with van der Waals surface area (Å²) < 4.78 is 5.54. The SMILES string of the molecule is O=C1CCCC1(Cc1ccc(CBr)cc1)C(=O)OCc1ccccc1. The quantitative estimate of drug-likeness (QED) is 0.404. The third-order valence-corrected chi connectivity index (χ3v) is 5.48. The standard InChI is InChI=1S/C21H21BrO3/c22-14-17-10-8-16(9-11-17)13-21(12-4-7-19(21)23)20(24)25-15-18-5-2-1-3-6-18/h1-3,5-6,8-11H,4,7,12-15H2. The van der Waals surface area contributed by atoms with Crippen LogP contribution in [-0.2, 0) is 32.7 Å². The Labute approximate surface area is 156 Å². The van der Waals surface area contributed by atoms with Gasteiger partial charge in [-0.3, -0.25) is 9.59 Å². The van der Waals surface area contributed by atoms with Gasteiger partial charge in [0.1, 0.15) is 12.0 Å². The lowest BCUT2D eigenvalue weighted by molar-refractivity contribution is -0.160. The van der Waals surface area contributed by atoms with Gasteiger partial charge in [-0.05, 0) is 36.0 Å². The molecule has 1 saturated carbocycles. The smallest absolute Gasteiger partial charge is 0.320 e. The molecule has 3 rings (SSSR count). The molecule has 0 aliphatic heterocycles. The van der Waals surface area contributed by atoms with E-state index >= 15 is 0 Å². The van der Waals surface area contributed by atoms with Crippen molar-refractivity contribution >= 4 is 27.7 Å². The third-order valence-electron chi connectivity index (χ3n) is 4.83. The summed E-state index contributed by atoms with van der Waals surface area (Å²) in [5.74, 6) is -0.376. The second-order valence-electron chi connectivity index (χ2n) is 6.55. The van der Waals surface area contributed by atoms with E-state index in [9.17, 15) is 9.59 Å². The fraction of sp³-hybridized carbons (Fsp3) is 0.333. The van der Waals surface area contributed by atoms with Gasteiger partial charge in [0.15, 0.2) is 5.78 Å². The van der Waals surface area contributed by atoms with Crippen LogP contribution in [0.1, 0.15) is 36.0 Å². The molecule has 0 saturated heterocycles. The van der Waals surface area contributed by atoms with Crippen molar-refractivity contribution in [3.63, 3.8) is 0 Å². The van der Waals surface area contributed by atoms with Gasteiger partial charge in [-0.15, -0.1) is 0 Å². The number of Topliss-reactive ketones (excluding diaryl/α,β-unsaturated/α-hetero) is 1. The van der Waals surface area contributed by atoms with E-state index in [0.29, 0.717) is 19.3 Å². The van der Waals surface area contributed by atoms with Gasteiger partial charge in [-0.2, -0.15) is 0 Å². The van der Waals surface area contributed by atoms with Gasteiger partial charge < -0.3 is 4.74 Å². The van der Waals surface area contributed by atoms with E-state index in [1.54, 1.807) is 0 Å². The van der Waals surface area contributed by atoms with Crippen molar-refractivity contribution in [2.75, 3.05) is 0 Å². The molecule has 0 amide bonds. The normalized spacial score (nSPS) is 19.8. The first-order valence-corrected chi connectivity index (χ1v) is 9.64. The molecule has 1 fully saturated rings. The lowest BCUT2D eigenvalue weighted by Gasteiger charge is -2.25. The number of benzene rings is 2. The second kappa shape index (κ2) is 7.96. The van der Waals surface area contributed by atoms with Crippen LogP contribution < -0.4 is 0 Å². The number of ether oxygens (including phenoxy) is 1. The molecule has 1 unspecified atom stereocenters. The summed E-state index contributed by atoms with van der Waals surface area (Å²) in [7, 11) is 0. The summed E-state index contributed by atoms with van der Waals surface area (Å²) in [6.07, 6.45) is 2.19. The first-order valence-electron chi connectivity index (χ1n) is 8.52. The van der Waals surface area contributed by atoms with Crippen molar-refractivity contribution in [2.24, 2.45) is 5.41 Å². The summed E-state index contributed by atoms with van der Waals surface area (Å²) >= 11 is 3.43. The zero-order chi connectivity index (χ0) is 17.7. The van der Waals surface area contributed by atoms with Gasteiger partial charge in [0.25, 0.3) is 0 Å². The Kier molecular flexibility index (Phi) is 5.69. The summed E-state index contributed by atoms with van der Waals surface area (Å²) in [6, 6.07) is 17.6. The highest BCUT2D eigenvalue weighted by Crippen LogP contribution is 2.39. The van der Waals surface area contributed by atoms with Crippen LogP contribution in [0.25, 0.3) is 0 Å². The van der Waals surface area contributed by atoms with Crippen molar-refractivity contribution in [2.45, 2.75) is 37.6 Å². The molecule has 3 nitrogen and oxygen atoms in total. The number of hydrogen-bond acceptors (Lipinski definition) is 3. The maximum absolute atomic E-state index is 12.8. The van der Waals surface area contributed by atoms with Crippen LogP contribution in [0.3, 0.4) is 0 Å². The minimum atomic E-state index is -1.02. The van der Waals surface area contributed by atoms with Crippen molar-refractivity contribution in [1.29, 1.82) is 0 Å². The van der Waals surface area contributed by atoms with Crippen LogP contribution >= 0.6 is 15.9 Å². The predicted molar refractivity (Wildman–Crippen MR) is 100 cm³/mol. The largest absolute Gasteiger partial charge is 0.460 e. The Balaban J connectivity index is 1.75. The molecule has 4 heteroatoms. The van der Waals surface area contributed by atoms with Crippen LogP contribution in [0.15, 0.2) is 54.6 Å².